The summed E-state index contributed by atoms with van der Waals surface area (Å²) in [7, 11) is 0. The monoisotopic (exact) mass is 338 g/mol. The number of allylic oxidation sites excluding steroid dienone is 2. The molecule has 0 aliphatic carbocycles. The summed E-state index contributed by atoms with van der Waals surface area (Å²) < 4.78 is 0. The molecule has 0 aromatic heterocycles. The number of carbonyl (C=O) groups excluding carboxylic acids is 1. The van der Waals surface area contributed by atoms with Crippen LogP contribution in [0.2, 0.25) is 0 Å². The Bertz CT molecular complexity index is 340. The molecule has 139 valence electrons. The highest BCUT2D eigenvalue weighted by Gasteiger charge is 2.09. The lowest BCUT2D eigenvalue weighted by Gasteiger charge is -2.02. The minimum absolute atomic E-state index is 0.216. The van der Waals surface area contributed by atoms with E-state index in [0.717, 1.165) is 44.9 Å². The van der Waals surface area contributed by atoms with Gasteiger partial charge in [0.05, 0.1) is 4.92 Å². The number of hydrogen-bond acceptors (Lipinski definition) is 3. The van der Waals surface area contributed by atoms with Crippen LogP contribution in [0.25, 0.3) is 0 Å². The molecule has 0 amide bonds. The van der Waals surface area contributed by atoms with Crippen molar-refractivity contribution in [3.8, 4) is 0 Å². The van der Waals surface area contributed by atoms with Crippen molar-refractivity contribution in [2.75, 3.05) is 0 Å². The number of rotatable bonds is 18. The van der Waals surface area contributed by atoms with Crippen molar-refractivity contribution in [3.05, 3.63) is 21.9 Å². The van der Waals surface area contributed by atoms with Crippen LogP contribution in [0, 0.1) is 10.1 Å². The molecule has 0 N–H and O–H groups in total. The predicted octanol–water partition coefficient (Wildman–Crippen LogP) is 6.52. The third kappa shape index (κ3) is 15.7. The summed E-state index contributed by atoms with van der Waals surface area (Å²) in [6.45, 7) is 2.23. The van der Waals surface area contributed by atoms with Crippen LogP contribution in [0.5, 0.6) is 0 Å². The minimum atomic E-state index is -0.216. The normalized spacial score (nSPS) is 11.6. The van der Waals surface area contributed by atoms with Crippen molar-refractivity contribution in [3.63, 3.8) is 0 Å². The largest absolute Gasteiger partial charge is 0.291 e. The molecule has 0 heterocycles. The Morgan fingerprint density at radius 1 is 0.875 bits per heavy atom. The molecule has 4 heteroatoms. The first kappa shape index (κ1) is 22.8. The molecule has 0 spiro atoms. The van der Waals surface area contributed by atoms with Gasteiger partial charge in [0.25, 0.3) is 0 Å². The molecule has 0 aromatic carbocycles. The van der Waals surface area contributed by atoms with Crippen LogP contribution in [-0.2, 0) is 4.79 Å². The average Bonchev–Trinajstić information content (AvgIpc) is 2.57. The zero-order chi connectivity index (χ0) is 17.9. The minimum Gasteiger partial charge on any atom is -0.291 e. The highest BCUT2D eigenvalue weighted by atomic mass is 16.6. The van der Waals surface area contributed by atoms with E-state index >= 15 is 0 Å². The van der Waals surface area contributed by atoms with Gasteiger partial charge in [0.1, 0.15) is 0 Å². The van der Waals surface area contributed by atoms with Gasteiger partial charge in [0.2, 0.25) is 5.70 Å². The molecule has 1 radical (unpaired) electrons. The molecule has 0 fully saturated rings. The highest BCUT2D eigenvalue weighted by Crippen LogP contribution is 2.15. The smallest absolute Gasteiger partial charge is 0.242 e. The fourth-order valence-electron chi connectivity index (χ4n) is 2.85. The molecular formula is C20H36NO3. The molecule has 0 atom stereocenters. The fourth-order valence-corrected chi connectivity index (χ4v) is 2.85. The van der Waals surface area contributed by atoms with Crippen LogP contribution in [0.3, 0.4) is 0 Å². The standard InChI is InChI=1S/C20H36NO3/c1-2-3-4-5-6-7-8-11-14-17-20(21(23)24)18-15-12-9-10-13-16-19-22/h17H,2-16,18H2,1H3/b20-17-. The maximum Gasteiger partial charge on any atom is 0.242 e. The highest BCUT2D eigenvalue weighted by molar-refractivity contribution is 5.50. The summed E-state index contributed by atoms with van der Waals surface area (Å²) in [6.07, 6.45) is 20.6. The van der Waals surface area contributed by atoms with Crippen LogP contribution in [-0.4, -0.2) is 11.2 Å². The Balaban J connectivity index is 3.64. The third-order valence-corrected chi connectivity index (χ3v) is 4.38. The second-order valence-electron chi connectivity index (χ2n) is 6.63. The Labute approximate surface area is 148 Å². The van der Waals surface area contributed by atoms with Crippen molar-refractivity contribution < 1.29 is 9.72 Å². The average molecular weight is 339 g/mol. The quantitative estimate of drug-likeness (QED) is 0.162. The molecule has 0 bridgehead atoms. The number of nitro groups is 1. The van der Waals surface area contributed by atoms with Gasteiger partial charge in [0.15, 0.2) is 6.29 Å². The molecule has 0 aliphatic heterocycles. The van der Waals surface area contributed by atoms with Crippen LogP contribution >= 0.6 is 0 Å². The summed E-state index contributed by atoms with van der Waals surface area (Å²) in [6, 6.07) is 0. The van der Waals surface area contributed by atoms with Gasteiger partial charge < -0.3 is 0 Å². The zero-order valence-electron chi connectivity index (χ0n) is 15.6. The summed E-state index contributed by atoms with van der Waals surface area (Å²) >= 11 is 0. The van der Waals surface area contributed by atoms with Gasteiger partial charge in [0, 0.05) is 12.8 Å². The Morgan fingerprint density at radius 2 is 1.42 bits per heavy atom. The van der Waals surface area contributed by atoms with Crippen molar-refractivity contribution in [2.24, 2.45) is 0 Å². The summed E-state index contributed by atoms with van der Waals surface area (Å²) in [5.41, 5.74) is 0.388. The number of hydrogen-bond donors (Lipinski definition) is 0. The zero-order valence-corrected chi connectivity index (χ0v) is 15.6. The number of unbranched alkanes of at least 4 members (excludes halogenated alkanes) is 13. The van der Waals surface area contributed by atoms with Gasteiger partial charge in [-0.1, -0.05) is 71.1 Å². The summed E-state index contributed by atoms with van der Waals surface area (Å²) in [5, 5.41) is 11.1. The molecule has 0 unspecified atom stereocenters. The topological polar surface area (TPSA) is 60.2 Å². The third-order valence-electron chi connectivity index (χ3n) is 4.38. The van der Waals surface area contributed by atoms with E-state index in [4.69, 9.17) is 0 Å². The molecule has 0 saturated heterocycles. The first-order valence-electron chi connectivity index (χ1n) is 9.90. The fraction of sp³-hybridized carbons (Fsp3) is 0.850. The lowest BCUT2D eigenvalue weighted by Crippen LogP contribution is -1.99. The van der Waals surface area contributed by atoms with E-state index in [1.165, 1.54) is 44.9 Å². The second-order valence-corrected chi connectivity index (χ2v) is 6.63. The van der Waals surface area contributed by atoms with E-state index in [-0.39, 0.29) is 4.92 Å². The second kappa shape index (κ2) is 18.2. The summed E-state index contributed by atoms with van der Waals surface area (Å²) in [5.74, 6) is 0. The Hall–Kier alpha value is -1.19. The molecule has 0 aliphatic rings. The lowest BCUT2D eigenvalue weighted by molar-refractivity contribution is -0.428. The SMILES string of the molecule is CCCCCCCCCC/C=C(/CCCCCCC[C]=O)[N+](=O)[O-]. The number of nitrogens with zero attached hydrogens (tertiary/aromatic N) is 1. The van der Waals surface area contributed by atoms with Crippen molar-refractivity contribution >= 4 is 6.29 Å². The molecule has 0 saturated carbocycles. The molecule has 24 heavy (non-hydrogen) atoms. The molecule has 0 rings (SSSR count). The van der Waals surface area contributed by atoms with Gasteiger partial charge in [-0.25, -0.2) is 0 Å². The van der Waals surface area contributed by atoms with Crippen molar-refractivity contribution in [2.45, 2.75) is 110 Å². The van der Waals surface area contributed by atoms with E-state index in [1.54, 1.807) is 0 Å². The van der Waals surface area contributed by atoms with Crippen LogP contribution in [0.4, 0.5) is 0 Å². The summed E-state index contributed by atoms with van der Waals surface area (Å²) in [4.78, 5) is 20.9. The van der Waals surface area contributed by atoms with Gasteiger partial charge in [-0.05, 0) is 31.8 Å². The Kier molecular flexibility index (Phi) is 17.3. The van der Waals surface area contributed by atoms with Crippen LogP contribution in [0.15, 0.2) is 11.8 Å². The van der Waals surface area contributed by atoms with Gasteiger partial charge in [-0.15, -0.1) is 0 Å². The first-order chi connectivity index (χ1) is 11.7. The Morgan fingerprint density at radius 3 is 2.00 bits per heavy atom. The van der Waals surface area contributed by atoms with E-state index in [0.29, 0.717) is 18.5 Å². The van der Waals surface area contributed by atoms with E-state index < -0.39 is 0 Å². The van der Waals surface area contributed by atoms with E-state index in [9.17, 15) is 14.9 Å². The molecule has 0 aromatic rings. The predicted molar refractivity (Wildman–Crippen MR) is 100 cm³/mol. The van der Waals surface area contributed by atoms with E-state index in [2.05, 4.69) is 6.92 Å². The van der Waals surface area contributed by atoms with Crippen LogP contribution < -0.4 is 0 Å². The van der Waals surface area contributed by atoms with Crippen molar-refractivity contribution in [1.82, 2.24) is 0 Å². The van der Waals surface area contributed by atoms with E-state index in [1.807, 2.05) is 12.4 Å². The maximum atomic E-state index is 11.1. The van der Waals surface area contributed by atoms with Gasteiger partial charge in [-0.3, -0.25) is 14.9 Å². The molecular weight excluding hydrogens is 302 g/mol. The first-order valence-corrected chi connectivity index (χ1v) is 9.90. The molecule has 4 nitrogen and oxygen atoms in total. The van der Waals surface area contributed by atoms with Gasteiger partial charge >= 0.3 is 0 Å². The maximum absolute atomic E-state index is 11.1. The van der Waals surface area contributed by atoms with Crippen molar-refractivity contribution in [1.29, 1.82) is 0 Å². The van der Waals surface area contributed by atoms with Gasteiger partial charge in [-0.2, -0.15) is 0 Å². The lowest BCUT2D eigenvalue weighted by atomic mass is 10.1. The van der Waals surface area contributed by atoms with Crippen LogP contribution in [0.1, 0.15) is 110 Å².